The van der Waals surface area contributed by atoms with Gasteiger partial charge in [0.1, 0.15) is 0 Å². The molecule has 1 aromatic carbocycles. The number of nitrogen functional groups attached to an aromatic ring is 1. The Morgan fingerprint density at radius 2 is 2.12 bits per heavy atom. The number of rotatable bonds is 6. The number of benzene rings is 1. The second-order valence-electron chi connectivity index (χ2n) is 6.70. The number of nitrogens with two attached hydrogens (primary N) is 1. The van der Waals surface area contributed by atoms with E-state index in [-0.39, 0.29) is 11.7 Å². The smallest absolute Gasteiger partial charge is 0.220 e. The number of carbonyl (C=O) groups excluding carboxylic acids is 1. The Kier molecular flexibility index (Phi) is 4.51. The fourth-order valence-electron chi connectivity index (χ4n) is 2.98. The SMILES string of the molecule is Cc1cc(-c2ccnc(N)n2)ccc1CCC(=O)c1cnc(C2CC2)s1. The fourth-order valence-corrected chi connectivity index (χ4v) is 4.03. The van der Waals surface area contributed by atoms with Crippen LogP contribution in [0.1, 0.15) is 51.0 Å². The predicted octanol–water partition coefficient (Wildman–Crippen LogP) is 4.18. The number of ketones is 1. The average molecular weight is 364 g/mol. The van der Waals surface area contributed by atoms with Gasteiger partial charge in [0.25, 0.3) is 0 Å². The van der Waals surface area contributed by atoms with E-state index in [1.165, 1.54) is 18.4 Å². The highest BCUT2D eigenvalue weighted by molar-refractivity contribution is 7.13. The average Bonchev–Trinajstić information content (AvgIpc) is 3.37. The topological polar surface area (TPSA) is 81.8 Å². The molecule has 0 saturated heterocycles. The molecule has 0 unspecified atom stereocenters. The van der Waals surface area contributed by atoms with Crippen LogP contribution in [0.4, 0.5) is 5.95 Å². The van der Waals surface area contributed by atoms with E-state index in [0.717, 1.165) is 33.1 Å². The van der Waals surface area contributed by atoms with E-state index >= 15 is 0 Å². The summed E-state index contributed by atoms with van der Waals surface area (Å²) in [5.41, 5.74) is 9.80. The highest BCUT2D eigenvalue weighted by Gasteiger charge is 2.27. The summed E-state index contributed by atoms with van der Waals surface area (Å²) in [4.78, 5) is 25.8. The molecular weight excluding hydrogens is 344 g/mol. The molecule has 1 saturated carbocycles. The van der Waals surface area contributed by atoms with Crippen LogP contribution in [0.15, 0.2) is 36.7 Å². The van der Waals surface area contributed by atoms with Crippen LogP contribution in [0.3, 0.4) is 0 Å². The minimum Gasteiger partial charge on any atom is -0.368 e. The number of thiazole rings is 1. The van der Waals surface area contributed by atoms with Crippen molar-refractivity contribution in [3.05, 3.63) is 57.7 Å². The number of nitrogens with zero attached hydrogens (tertiary/aromatic N) is 3. The van der Waals surface area contributed by atoms with Crippen molar-refractivity contribution in [3.8, 4) is 11.3 Å². The number of hydrogen-bond acceptors (Lipinski definition) is 6. The second kappa shape index (κ2) is 6.96. The summed E-state index contributed by atoms with van der Waals surface area (Å²) >= 11 is 1.57. The lowest BCUT2D eigenvalue weighted by molar-refractivity contribution is 0.0986. The summed E-state index contributed by atoms with van der Waals surface area (Å²) in [6.07, 6.45) is 7.07. The fraction of sp³-hybridized carbons (Fsp3) is 0.300. The van der Waals surface area contributed by atoms with Gasteiger partial charge < -0.3 is 5.73 Å². The van der Waals surface area contributed by atoms with Crippen molar-refractivity contribution in [1.29, 1.82) is 0 Å². The van der Waals surface area contributed by atoms with Crippen LogP contribution < -0.4 is 5.73 Å². The van der Waals surface area contributed by atoms with Gasteiger partial charge in [-0.05, 0) is 49.4 Å². The van der Waals surface area contributed by atoms with Gasteiger partial charge >= 0.3 is 0 Å². The van der Waals surface area contributed by atoms with Gasteiger partial charge in [0.15, 0.2) is 5.78 Å². The van der Waals surface area contributed by atoms with Crippen molar-refractivity contribution in [3.63, 3.8) is 0 Å². The lowest BCUT2D eigenvalue weighted by atomic mass is 9.98. The molecule has 26 heavy (non-hydrogen) atoms. The van der Waals surface area contributed by atoms with Gasteiger partial charge in [0.2, 0.25) is 5.95 Å². The maximum absolute atomic E-state index is 12.5. The highest BCUT2D eigenvalue weighted by atomic mass is 32.1. The Labute approximate surface area is 156 Å². The minimum absolute atomic E-state index is 0.182. The normalized spacial score (nSPS) is 13.7. The van der Waals surface area contributed by atoms with E-state index in [9.17, 15) is 4.79 Å². The molecule has 132 valence electrons. The van der Waals surface area contributed by atoms with Crippen molar-refractivity contribution in [2.24, 2.45) is 0 Å². The molecule has 5 nitrogen and oxygen atoms in total. The van der Waals surface area contributed by atoms with E-state index in [0.29, 0.717) is 12.3 Å². The third kappa shape index (κ3) is 3.65. The van der Waals surface area contributed by atoms with E-state index in [4.69, 9.17) is 5.73 Å². The number of aryl methyl sites for hydroxylation is 2. The maximum Gasteiger partial charge on any atom is 0.220 e. The number of anilines is 1. The molecule has 3 aromatic rings. The quantitative estimate of drug-likeness (QED) is 0.663. The lowest BCUT2D eigenvalue weighted by Gasteiger charge is -2.08. The summed E-state index contributed by atoms with van der Waals surface area (Å²) in [5, 5.41) is 1.12. The van der Waals surface area contributed by atoms with Crippen LogP contribution >= 0.6 is 11.3 Å². The Bertz CT molecular complexity index is 962. The molecule has 2 heterocycles. The Balaban J connectivity index is 1.43. The van der Waals surface area contributed by atoms with Gasteiger partial charge in [0, 0.05) is 30.3 Å². The molecule has 0 amide bonds. The zero-order valence-electron chi connectivity index (χ0n) is 14.6. The first-order valence-corrected chi connectivity index (χ1v) is 9.59. The molecule has 1 aliphatic carbocycles. The van der Waals surface area contributed by atoms with Gasteiger partial charge in [-0.25, -0.2) is 15.0 Å². The molecule has 0 radical (unpaired) electrons. The molecule has 0 spiro atoms. The zero-order valence-corrected chi connectivity index (χ0v) is 15.4. The van der Waals surface area contributed by atoms with E-state index in [1.54, 1.807) is 23.7 Å². The lowest BCUT2D eigenvalue weighted by Crippen LogP contribution is -2.00. The van der Waals surface area contributed by atoms with Crippen LogP contribution in [-0.2, 0) is 6.42 Å². The first kappa shape index (κ1) is 16.8. The Hall–Kier alpha value is -2.60. The summed E-state index contributed by atoms with van der Waals surface area (Å²) in [5.74, 6) is 1.05. The van der Waals surface area contributed by atoms with Crippen LogP contribution in [0.5, 0.6) is 0 Å². The minimum atomic E-state index is 0.182. The summed E-state index contributed by atoms with van der Waals surface area (Å²) in [7, 11) is 0. The zero-order chi connectivity index (χ0) is 18.1. The largest absolute Gasteiger partial charge is 0.368 e. The molecule has 4 rings (SSSR count). The van der Waals surface area contributed by atoms with Gasteiger partial charge in [0.05, 0.1) is 15.6 Å². The number of hydrogen-bond donors (Lipinski definition) is 1. The number of Topliss-reactive ketones (excluding diaryl/α,β-unsaturated/α-hetero) is 1. The van der Waals surface area contributed by atoms with Gasteiger partial charge in [-0.1, -0.05) is 12.1 Å². The van der Waals surface area contributed by atoms with Crippen LogP contribution in [0.2, 0.25) is 0 Å². The van der Waals surface area contributed by atoms with Crippen molar-refractivity contribution in [2.75, 3.05) is 5.73 Å². The van der Waals surface area contributed by atoms with Gasteiger partial charge in [-0.15, -0.1) is 11.3 Å². The number of aromatic nitrogens is 3. The van der Waals surface area contributed by atoms with Gasteiger partial charge in [-0.2, -0.15) is 0 Å². The van der Waals surface area contributed by atoms with Crippen molar-refractivity contribution in [1.82, 2.24) is 15.0 Å². The van der Waals surface area contributed by atoms with E-state index < -0.39 is 0 Å². The molecule has 0 bridgehead atoms. The molecule has 2 N–H and O–H groups in total. The second-order valence-corrected chi connectivity index (χ2v) is 7.76. The van der Waals surface area contributed by atoms with Gasteiger partial charge in [-0.3, -0.25) is 4.79 Å². The van der Waals surface area contributed by atoms with Crippen molar-refractivity contribution < 1.29 is 4.79 Å². The first-order valence-electron chi connectivity index (χ1n) is 8.77. The summed E-state index contributed by atoms with van der Waals surface area (Å²) < 4.78 is 0. The van der Waals surface area contributed by atoms with Crippen LogP contribution in [0, 0.1) is 6.92 Å². The maximum atomic E-state index is 12.5. The summed E-state index contributed by atoms with van der Waals surface area (Å²) in [6.45, 7) is 2.06. The summed E-state index contributed by atoms with van der Waals surface area (Å²) in [6, 6.07) is 8.01. The third-order valence-corrected chi connectivity index (χ3v) is 5.86. The van der Waals surface area contributed by atoms with Crippen LogP contribution in [0.25, 0.3) is 11.3 Å². The third-order valence-electron chi connectivity index (χ3n) is 4.66. The first-order chi connectivity index (χ1) is 12.6. The van der Waals surface area contributed by atoms with Crippen molar-refractivity contribution >= 4 is 23.1 Å². The Morgan fingerprint density at radius 3 is 2.85 bits per heavy atom. The molecule has 2 aromatic heterocycles. The molecule has 0 atom stereocenters. The molecule has 6 heteroatoms. The molecule has 1 aliphatic rings. The van der Waals surface area contributed by atoms with Crippen LogP contribution in [-0.4, -0.2) is 20.7 Å². The van der Waals surface area contributed by atoms with E-state index in [2.05, 4.69) is 34.0 Å². The molecular formula is C20H20N4OS. The highest BCUT2D eigenvalue weighted by Crippen LogP contribution is 2.41. The molecule has 1 fully saturated rings. The van der Waals surface area contributed by atoms with Crippen molar-refractivity contribution in [2.45, 2.75) is 38.5 Å². The monoisotopic (exact) mass is 364 g/mol. The Morgan fingerprint density at radius 1 is 1.27 bits per heavy atom. The number of carbonyl (C=O) groups is 1. The predicted molar refractivity (Wildman–Crippen MR) is 103 cm³/mol. The van der Waals surface area contributed by atoms with E-state index in [1.807, 2.05) is 12.1 Å². The molecule has 0 aliphatic heterocycles. The standard InChI is InChI=1S/C20H20N4OS/c1-12-10-15(16-8-9-22-20(21)24-16)5-2-13(12)6-7-17(25)18-11-23-19(26-18)14-3-4-14/h2,5,8-11,14H,3-4,6-7H2,1H3,(H2,21,22,24).